The van der Waals surface area contributed by atoms with Crippen molar-refractivity contribution in [2.75, 3.05) is 16.8 Å². The molecule has 1 saturated carbocycles. The summed E-state index contributed by atoms with van der Waals surface area (Å²) in [5.41, 5.74) is 5.06. The topological polar surface area (TPSA) is 41.1 Å². The van der Waals surface area contributed by atoms with E-state index in [9.17, 15) is 0 Å². The largest absolute Gasteiger partial charge is 0.352 e. The van der Waals surface area contributed by atoms with Gasteiger partial charge in [-0.1, -0.05) is 42.5 Å². The Hall–Kier alpha value is -2.88. The number of nitrogens with zero attached hydrogens (tertiary/aromatic N) is 3. The van der Waals surface area contributed by atoms with E-state index < -0.39 is 0 Å². The minimum Gasteiger partial charge on any atom is -0.352 e. The van der Waals surface area contributed by atoms with E-state index in [4.69, 9.17) is 9.97 Å². The Morgan fingerprint density at radius 3 is 2.46 bits per heavy atom. The summed E-state index contributed by atoms with van der Waals surface area (Å²) in [6, 6.07) is 21.1. The van der Waals surface area contributed by atoms with Crippen molar-refractivity contribution in [1.29, 1.82) is 0 Å². The van der Waals surface area contributed by atoms with Crippen molar-refractivity contribution >= 4 is 17.5 Å². The fourth-order valence-corrected chi connectivity index (χ4v) is 3.60. The first-order valence-electron chi connectivity index (χ1n) is 9.38. The van der Waals surface area contributed by atoms with Gasteiger partial charge in [0.15, 0.2) is 0 Å². The van der Waals surface area contributed by atoms with Crippen LogP contribution in [0.3, 0.4) is 0 Å². The van der Waals surface area contributed by atoms with Crippen LogP contribution in [-0.4, -0.2) is 16.5 Å². The number of rotatable bonds is 4. The third-order valence-electron chi connectivity index (χ3n) is 5.21. The molecule has 130 valence electrons. The van der Waals surface area contributed by atoms with Gasteiger partial charge in [-0.3, -0.25) is 0 Å². The number of fused-ring (bicyclic) bond motifs is 1. The molecule has 2 aliphatic rings. The Bertz CT molecular complexity index is 918. The highest BCUT2D eigenvalue weighted by Crippen LogP contribution is 2.40. The molecule has 0 radical (unpaired) electrons. The number of aromatic nitrogens is 2. The van der Waals surface area contributed by atoms with E-state index in [1.165, 1.54) is 29.7 Å². The minimum atomic E-state index is 0.602. The summed E-state index contributed by atoms with van der Waals surface area (Å²) in [5, 5.41) is 3.38. The maximum absolute atomic E-state index is 4.84. The molecule has 0 atom stereocenters. The molecule has 4 heteroatoms. The molecule has 3 aromatic rings. The first kappa shape index (κ1) is 15.4. The highest BCUT2D eigenvalue weighted by Gasteiger charge is 2.27. The Morgan fingerprint density at radius 2 is 1.65 bits per heavy atom. The van der Waals surface area contributed by atoms with Gasteiger partial charge in [0.2, 0.25) is 5.95 Å². The van der Waals surface area contributed by atoms with Crippen LogP contribution >= 0.6 is 0 Å². The molecule has 0 bridgehead atoms. The first-order valence-corrected chi connectivity index (χ1v) is 9.38. The molecule has 0 amide bonds. The van der Waals surface area contributed by atoms with Gasteiger partial charge < -0.3 is 10.2 Å². The van der Waals surface area contributed by atoms with E-state index in [0.29, 0.717) is 11.9 Å². The monoisotopic (exact) mass is 342 g/mol. The van der Waals surface area contributed by atoms with Crippen LogP contribution in [0.15, 0.2) is 60.7 Å². The summed E-state index contributed by atoms with van der Waals surface area (Å²) >= 11 is 0. The standard InChI is InChI=1S/C22H22N4/c1-2-8-19(9-3-1)23-22-24-20(17-10-11-17)14-21(25-22)26-13-12-16-6-4-5-7-18(16)15-26/h1-9,14,17H,10-13,15H2,(H,23,24,25). The van der Waals surface area contributed by atoms with Crippen molar-refractivity contribution in [2.24, 2.45) is 0 Å². The fraction of sp³-hybridized carbons (Fsp3) is 0.273. The highest BCUT2D eigenvalue weighted by molar-refractivity contribution is 5.56. The van der Waals surface area contributed by atoms with Crippen molar-refractivity contribution < 1.29 is 0 Å². The third-order valence-corrected chi connectivity index (χ3v) is 5.21. The van der Waals surface area contributed by atoms with Crippen molar-refractivity contribution in [3.63, 3.8) is 0 Å². The van der Waals surface area contributed by atoms with Crippen LogP contribution in [0.1, 0.15) is 35.6 Å². The number of benzene rings is 2. The Balaban J connectivity index is 1.46. The minimum absolute atomic E-state index is 0.602. The van der Waals surface area contributed by atoms with Gasteiger partial charge in [0.25, 0.3) is 0 Å². The lowest BCUT2D eigenvalue weighted by molar-refractivity contribution is 0.718. The van der Waals surface area contributed by atoms with Crippen LogP contribution in [0.2, 0.25) is 0 Å². The van der Waals surface area contributed by atoms with Crippen LogP contribution in [0, 0.1) is 0 Å². The molecule has 4 nitrogen and oxygen atoms in total. The molecule has 1 aliphatic carbocycles. The first-order chi connectivity index (χ1) is 12.8. The van der Waals surface area contributed by atoms with Gasteiger partial charge in [0.05, 0.1) is 5.69 Å². The number of nitrogens with one attached hydrogen (secondary N) is 1. The highest BCUT2D eigenvalue weighted by atomic mass is 15.2. The number of anilines is 3. The van der Waals surface area contributed by atoms with Gasteiger partial charge in [-0.05, 0) is 42.5 Å². The predicted octanol–water partition coefficient (Wildman–Crippen LogP) is 4.66. The zero-order chi connectivity index (χ0) is 17.3. The molecule has 2 aromatic carbocycles. The molecule has 2 heterocycles. The van der Waals surface area contributed by atoms with E-state index in [-0.39, 0.29) is 0 Å². The molecule has 0 unspecified atom stereocenters. The van der Waals surface area contributed by atoms with Crippen molar-refractivity contribution in [3.8, 4) is 0 Å². The molecule has 1 N–H and O–H groups in total. The van der Waals surface area contributed by atoms with E-state index in [1.807, 2.05) is 30.3 Å². The van der Waals surface area contributed by atoms with Crippen molar-refractivity contribution in [3.05, 3.63) is 77.5 Å². The van der Waals surface area contributed by atoms with E-state index in [2.05, 4.69) is 40.5 Å². The number of para-hydroxylation sites is 1. The summed E-state index contributed by atoms with van der Waals surface area (Å²) in [6.45, 7) is 1.92. The lowest BCUT2D eigenvalue weighted by Gasteiger charge is -2.30. The molecule has 26 heavy (non-hydrogen) atoms. The van der Waals surface area contributed by atoms with Gasteiger partial charge in [-0.2, -0.15) is 4.98 Å². The van der Waals surface area contributed by atoms with Crippen LogP contribution in [0.25, 0.3) is 0 Å². The van der Waals surface area contributed by atoms with Gasteiger partial charge in [-0.25, -0.2) is 4.98 Å². The Kier molecular flexibility index (Phi) is 3.81. The van der Waals surface area contributed by atoms with E-state index >= 15 is 0 Å². The average molecular weight is 342 g/mol. The summed E-state index contributed by atoms with van der Waals surface area (Å²) in [4.78, 5) is 12.0. The van der Waals surface area contributed by atoms with Crippen LogP contribution in [0.4, 0.5) is 17.5 Å². The molecule has 0 spiro atoms. The van der Waals surface area contributed by atoms with Crippen LogP contribution < -0.4 is 10.2 Å². The summed E-state index contributed by atoms with van der Waals surface area (Å²) in [7, 11) is 0. The number of hydrogen-bond acceptors (Lipinski definition) is 4. The van der Waals surface area contributed by atoms with Crippen molar-refractivity contribution in [2.45, 2.75) is 31.7 Å². The number of hydrogen-bond donors (Lipinski definition) is 1. The summed E-state index contributed by atoms with van der Waals surface area (Å²) in [6.07, 6.45) is 3.55. The summed E-state index contributed by atoms with van der Waals surface area (Å²) < 4.78 is 0. The van der Waals surface area contributed by atoms with E-state index in [1.54, 1.807) is 0 Å². The lowest BCUT2D eigenvalue weighted by atomic mass is 10.00. The van der Waals surface area contributed by atoms with Gasteiger partial charge in [0.1, 0.15) is 5.82 Å². The smallest absolute Gasteiger partial charge is 0.229 e. The van der Waals surface area contributed by atoms with E-state index in [0.717, 1.165) is 31.0 Å². The molecular formula is C22H22N4. The fourth-order valence-electron chi connectivity index (χ4n) is 3.60. The second-order valence-corrected chi connectivity index (χ2v) is 7.18. The average Bonchev–Trinajstić information content (AvgIpc) is 3.53. The zero-order valence-corrected chi connectivity index (χ0v) is 14.7. The van der Waals surface area contributed by atoms with Gasteiger partial charge in [0, 0.05) is 30.8 Å². The maximum atomic E-state index is 4.84. The Morgan fingerprint density at radius 1 is 0.885 bits per heavy atom. The van der Waals surface area contributed by atoms with Crippen LogP contribution in [-0.2, 0) is 13.0 Å². The Labute approximate surface area is 153 Å². The molecular weight excluding hydrogens is 320 g/mol. The van der Waals surface area contributed by atoms with Gasteiger partial charge >= 0.3 is 0 Å². The van der Waals surface area contributed by atoms with Gasteiger partial charge in [-0.15, -0.1) is 0 Å². The maximum Gasteiger partial charge on any atom is 0.229 e. The molecule has 5 rings (SSSR count). The second kappa shape index (κ2) is 6.45. The quantitative estimate of drug-likeness (QED) is 0.749. The molecule has 1 fully saturated rings. The van der Waals surface area contributed by atoms with Crippen molar-refractivity contribution in [1.82, 2.24) is 9.97 Å². The van der Waals surface area contributed by atoms with Crippen LogP contribution in [0.5, 0.6) is 0 Å². The normalized spacial score (nSPS) is 16.2. The zero-order valence-electron chi connectivity index (χ0n) is 14.7. The SMILES string of the molecule is c1ccc(Nc2nc(C3CC3)cc(N3CCc4ccccc4C3)n2)cc1. The third kappa shape index (κ3) is 3.15. The molecule has 1 aliphatic heterocycles. The predicted molar refractivity (Wildman–Crippen MR) is 105 cm³/mol. The lowest BCUT2D eigenvalue weighted by Crippen LogP contribution is -2.31. The second-order valence-electron chi connectivity index (χ2n) is 7.18. The molecule has 1 aromatic heterocycles. The summed E-state index contributed by atoms with van der Waals surface area (Å²) in [5.74, 6) is 2.34. The molecule has 0 saturated heterocycles.